The van der Waals surface area contributed by atoms with Crippen LogP contribution < -0.4 is 10.6 Å². The highest BCUT2D eigenvalue weighted by Crippen LogP contribution is 2.14. The van der Waals surface area contributed by atoms with Crippen molar-refractivity contribution in [2.45, 2.75) is 19.9 Å². The van der Waals surface area contributed by atoms with Gasteiger partial charge >= 0.3 is 0 Å². The fourth-order valence-corrected chi connectivity index (χ4v) is 1.94. The number of rotatable bonds is 6. The number of thiocarbonyl (C=S) groups is 1. The van der Waals surface area contributed by atoms with E-state index in [1.165, 1.54) is 0 Å². The minimum atomic E-state index is 0.506. The lowest BCUT2D eigenvalue weighted by Gasteiger charge is -2.23. The molecule has 0 atom stereocenters. The third kappa shape index (κ3) is 4.24. The zero-order chi connectivity index (χ0) is 14.4. The summed E-state index contributed by atoms with van der Waals surface area (Å²) in [5, 5.41) is 0. The summed E-state index contributed by atoms with van der Waals surface area (Å²) in [7, 11) is 0. The first-order valence-electron chi connectivity index (χ1n) is 6.36. The van der Waals surface area contributed by atoms with Crippen molar-refractivity contribution < 1.29 is 0 Å². The van der Waals surface area contributed by atoms with Crippen LogP contribution in [0.5, 0.6) is 0 Å². The van der Waals surface area contributed by atoms with E-state index in [-0.39, 0.29) is 0 Å². The molecule has 104 valence electrons. The van der Waals surface area contributed by atoms with Gasteiger partial charge in [-0.05, 0) is 18.6 Å². The topological polar surface area (TPSA) is 67.9 Å². The van der Waals surface area contributed by atoms with Crippen LogP contribution in [-0.2, 0) is 6.54 Å². The van der Waals surface area contributed by atoms with Gasteiger partial charge in [0.1, 0.15) is 12.1 Å². The van der Waals surface area contributed by atoms with Crippen molar-refractivity contribution in [3.63, 3.8) is 0 Å². The summed E-state index contributed by atoms with van der Waals surface area (Å²) in [6, 6.07) is 5.91. The molecule has 0 aliphatic heterocycles. The molecule has 2 aromatic heterocycles. The summed E-state index contributed by atoms with van der Waals surface area (Å²) < 4.78 is 0. The van der Waals surface area contributed by atoms with Crippen molar-refractivity contribution in [1.29, 1.82) is 0 Å². The molecule has 6 heteroatoms. The van der Waals surface area contributed by atoms with Crippen LogP contribution in [0.3, 0.4) is 0 Å². The Labute approximate surface area is 123 Å². The average molecular weight is 287 g/mol. The fourth-order valence-electron chi connectivity index (χ4n) is 1.85. The van der Waals surface area contributed by atoms with Crippen LogP contribution in [0.15, 0.2) is 36.9 Å². The van der Waals surface area contributed by atoms with Gasteiger partial charge in [0.15, 0.2) is 0 Å². The van der Waals surface area contributed by atoms with Crippen molar-refractivity contribution in [3.8, 4) is 0 Å². The number of aromatic nitrogens is 3. The Morgan fingerprint density at radius 3 is 2.90 bits per heavy atom. The van der Waals surface area contributed by atoms with Crippen LogP contribution >= 0.6 is 12.2 Å². The summed E-state index contributed by atoms with van der Waals surface area (Å²) in [6.45, 7) is 3.38. The molecule has 0 aliphatic carbocycles. The number of hydrogen-bond donors (Lipinski definition) is 1. The standard InChI is InChI=1S/C14H17N5S/c1-11-7-14(18-10-17-11)19(6-4-13(15)20)9-12-3-2-5-16-8-12/h2-3,5,7-8,10H,4,6,9H2,1H3,(H2,15,20). The molecule has 0 bridgehead atoms. The van der Waals surface area contributed by atoms with E-state index in [0.717, 1.165) is 23.6 Å². The van der Waals surface area contributed by atoms with E-state index in [1.54, 1.807) is 12.5 Å². The molecule has 20 heavy (non-hydrogen) atoms. The lowest BCUT2D eigenvalue weighted by Crippen LogP contribution is -2.28. The lowest BCUT2D eigenvalue weighted by molar-refractivity contribution is 0.783. The van der Waals surface area contributed by atoms with Gasteiger partial charge in [0.2, 0.25) is 0 Å². The summed E-state index contributed by atoms with van der Waals surface area (Å²) in [5.74, 6) is 0.873. The van der Waals surface area contributed by atoms with Crippen molar-refractivity contribution in [3.05, 3.63) is 48.2 Å². The molecule has 2 N–H and O–H groups in total. The second-order valence-electron chi connectivity index (χ2n) is 4.52. The molecule has 2 rings (SSSR count). The minimum absolute atomic E-state index is 0.506. The number of pyridine rings is 1. The van der Waals surface area contributed by atoms with Gasteiger partial charge < -0.3 is 10.6 Å². The lowest BCUT2D eigenvalue weighted by atomic mass is 10.2. The molecule has 0 fully saturated rings. The molecule has 0 aliphatic rings. The highest BCUT2D eigenvalue weighted by molar-refractivity contribution is 7.80. The molecule has 0 radical (unpaired) electrons. The van der Waals surface area contributed by atoms with Crippen molar-refractivity contribution in [1.82, 2.24) is 15.0 Å². The summed E-state index contributed by atoms with van der Waals surface area (Å²) >= 11 is 4.96. The van der Waals surface area contributed by atoms with E-state index in [1.807, 2.05) is 31.3 Å². The van der Waals surface area contributed by atoms with Gasteiger partial charge in [0.05, 0.1) is 4.99 Å². The third-order valence-electron chi connectivity index (χ3n) is 2.84. The van der Waals surface area contributed by atoms with Gasteiger partial charge in [0.25, 0.3) is 0 Å². The molecule has 2 heterocycles. The maximum atomic E-state index is 5.60. The minimum Gasteiger partial charge on any atom is -0.393 e. The first kappa shape index (κ1) is 14.3. The SMILES string of the molecule is Cc1cc(N(CCC(N)=S)Cc2cccnc2)ncn1. The Kier molecular flexibility index (Phi) is 4.95. The highest BCUT2D eigenvalue weighted by atomic mass is 32.1. The van der Waals surface area contributed by atoms with E-state index in [2.05, 4.69) is 19.9 Å². The predicted molar refractivity (Wildman–Crippen MR) is 83.5 cm³/mol. The van der Waals surface area contributed by atoms with Crippen molar-refractivity contribution >= 4 is 23.0 Å². The Balaban J connectivity index is 2.18. The van der Waals surface area contributed by atoms with Gasteiger partial charge in [-0.2, -0.15) is 0 Å². The first-order valence-corrected chi connectivity index (χ1v) is 6.77. The quantitative estimate of drug-likeness (QED) is 0.818. The number of anilines is 1. The van der Waals surface area contributed by atoms with Crippen molar-refractivity contribution in [2.24, 2.45) is 5.73 Å². The average Bonchev–Trinajstić information content (AvgIpc) is 2.44. The Morgan fingerprint density at radius 1 is 1.40 bits per heavy atom. The van der Waals surface area contributed by atoms with E-state index in [9.17, 15) is 0 Å². The molecule has 0 saturated carbocycles. The van der Waals surface area contributed by atoms with Gasteiger partial charge in [-0.3, -0.25) is 4.98 Å². The largest absolute Gasteiger partial charge is 0.393 e. The number of nitrogens with zero attached hydrogens (tertiary/aromatic N) is 4. The zero-order valence-corrected chi connectivity index (χ0v) is 12.2. The van der Waals surface area contributed by atoms with Crippen LogP contribution in [0.25, 0.3) is 0 Å². The van der Waals surface area contributed by atoms with E-state index in [4.69, 9.17) is 18.0 Å². The molecule has 0 spiro atoms. The van der Waals surface area contributed by atoms with Crippen LogP contribution in [0.1, 0.15) is 17.7 Å². The highest BCUT2D eigenvalue weighted by Gasteiger charge is 2.10. The summed E-state index contributed by atoms with van der Waals surface area (Å²) in [6.07, 6.45) is 5.83. The van der Waals surface area contributed by atoms with E-state index < -0.39 is 0 Å². The second kappa shape index (κ2) is 6.91. The smallest absolute Gasteiger partial charge is 0.132 e. The van der Waals surface area contributed by atoms with Gasteiger partial charge in [-0.25, -0.2) is 9.97 Å². The maximum absolute atomic E-state index is 5.60. The summed E-state index contributed by atoms with van der Waals surface area (Å²) in [5.41, 5.74) is 7.65. The first-order chi connectivity index (χ1) is 9.65. The number of hydrogen-bond acceptors (Lipinski definition) is 5. The normalized spacial score (nSPS) is 10.2. The van der Waals surface area contributed by atoms with Crippen LogP contribution in [-0.4, -0.2) is 26.5 Å². The second-order valence-corrected chi connectivity index (χ2v) is 5.04. The molecule has 2 aromatic rings. The van der Waals surface area contributed by atoms with Crippen LogP contribution in [0.4, 0.5) is 5.82 Å². The Hall–Kier alpha value is -2.08. The molecule has 0 unspecified atom stereocenters. The molecular formula is C14H17N5S. The van der Waals surface area contributed by atoms with Crippen molar-refractivity contribution in [2.75, 3.05) is 11.4 Å². The Bertz CT molecular complexity index is 573. The molecule has 0 aromatic carbocycles. The van der Waals surface area contributed by atoms with Crippen LogP contribution in [0, 0.1) is 6.92 Å². The maximum Gasteiger partial charge on any atom is 0.132 e. The van der Waals surface area contributed by atoms with Crippen LogP contribution in [0.2, 0.25) is 0 Å². The third-order valence-corrected chi connectivity index (χ3v) is 3.04. The monoisotopic (exact) mass is 287 g/mol. The van der Waals surface area contributed by atoms with Gasteiger partial charge in [0, 0.05) is 43.7 Å². The number of nitrogens with two attached hydrogens (primary N) is 1. The molecule has 5 nitrogen and oxygen atoms in total. The molecular weight excluding hydrogens is 270 g/mol. The predicted octanol–water partition coefficient (Wildman–Crippen LogP) is 1.86. The summed E-state index contributed by atoms with van der Waals surface area (Å²) in [4.78, 5) is 15.2. The molecule has 0 amide bonds. The van der Waals surface area contributed by atoms with Gasteiger partial charge in [-0.15, -0.1) is 0 Å². The fraction of sp³-hybridized carbons (Fsp3) is 0.286. The molecule has 0 saturated heterocycles. The van der Waals surface area contributed by atoms with Gasteiger partial charge in [-0.1, -0.05) is 18.3 Å². The Morgan fingerprint density at radius 2 is 2.25 bits per heavy atom. The number of aryl methyl sites for hydroxylation is 1. The zero-order valence-electron chi connectivity index (χ0n) is 11.4. The van der Waals surface area contributed by atoms with E-state index in [0.29, 0.717) is 18.0 Å². The van der Waals surface area contributed by atoms with E-state index >= 15 is 0 Å².